The molecular weight excluding hydrogens is 328 g/mol. The molecule has 6 nitrogen and oxygen atoms in total. The maximum absolute atomic E-state index is 12.3. The number of carbonyl (C=O) groups is 1. The number of aromatic nitrogens is 2. The standard InChI is InChI=1S/C20H20N4O2/c1-26-18-8-6-15(7-9-18)10-13-21-19(25)16-4-2-5-17(14-16)24-20-22-11-3-12-23-20/h2-9,11-12,14H,10,13H2,1H3,(H,21,25)(H,22,23,24). The Morgan fingerprint density at radius 3 is 2.54 bits per heavy atom. The monoisotopic (exact) mass is 348 g/mol. The Morgan fingerprint density at radius 1 is 1.04 bits per heavy atom. The van der Waals surface area contributed by atoms with Crippen molar-refractivity contribution in [2.75, 3.05) is 19.0 Å². The van der Waals surface area contributed by atoms with Gasteiger partial charge in [-0.1, -0.05) is 18.2 Å². The summed E-state index contributed by atoms with van der Waals surface area (Å²) in [5.41, 5.74) is 2.49. The number of ether oxygens (including phenoxy) is 1. The Labute approximate surface area is 152 Å². The van der Waals surface area contributed by atoms with Crippen molar-refractivity contribution in [3.05, 3.63) is 78.1 Å². The summed E-state index contributed by atoms with van der Waals surface area (Å²) >= 11 is 0. The van der Waals surface area contributed by atoms with E-state index in [0.717, 1.165) is 23.4 Å². The molecule has 0 atom stereocenters. The molecule has 0 aliphatic carbocycles. The number of carbonyl (C=O) groups excluding carboxylic acids is 1. The Hall–Kier alpha value is -3.41. The second-order valence-electron chi connectivity index (χ2n) is 5.63. The van der Waals surface area contributed by atoms with Crippen LogP contribution >= 0.6 is 0 Å². The fourth-order valence-electron chi connectivity index (χ4n) is 2.45. The normalized spacial score (nSPS) is 10.2. The van der Waals surface area contributed by atoms with Gasteiger partial charge in [-0.05, 0) is 48.4 Å². The maximum Gasteiger partial charge on any atom is 0.251 e. The van der Waals surface area contributed by atoms with E-state index in [1.807, 2.05) is 36.4 Å². The molecule has 0 saturated carbocycles. The zero-order valence-electron chi connectivity index (χ0n) is 14.5. The minimum Gasteiger partial charge on any atom is -0.497 e. The van der Waals surface area contributed by atoms with Crippen LogP contribution in [0.3, 0.4) is 0 Å². The van der Waals surface area contributed by atoms with Crippen LogP contribution < -0.4 is 15.4 Å². The third-order valence-corrected chi connectivity index (χ3v) is 3.80. The van der Waals surface area contributed by atoms with E-state index in [2.05, 4.69) is 20.6 Å². The molecule has 1 heterocycles. The van der Waals surface area contributed by atoms with Gasteiger partial charge in [-0.25, -0.2) is 9.97 Å². The van der Waals surface area contributed by atoms with Crippen molar-refractivity contribution in [1.82, 2.24) is 15.3 Å². The number of amides is 1. The molecule has 6 heteroatoms. The minimum absolute atomic E-state index is 0.115. The van der Waals surface area contributed by atoms with Crippen molar-refractivity contribution in [2.45, 2.75) is 6.42 Å². The molecule has 0 saturated heterocycles. The van der Waals surface area contributed by atoms with Gasteiger partial charge in [0.2, 0.25) is 5.95 Å². The largest absolute Gasteiger partial charge is 0.497 e. The van der Waals surface area contributed by atoms with Crippen LogP contribution in [0.5, 0.6) is 5.75 Å². The number of hydrogen-bond acceptors (Lipinski definition) is 5. The Bertz CT molecular complexity index is 851. The molecule has 3 aromatic rings. The minimum atomic E-state index is -0.115. The number of anilines is 2. The van der Waals surface area contributed by atoms with Crippen LogP contribution in [0.2, 0.25) is 0 Å². The first-order valence-corrected chi connectivity index (χ1v) is 8.30. The second-order valence-corrected chi connectivity index (χ2v) is 5.63. The molecule has 0 spiro atoms. The summed E-state index contributed by atoms with van der Waals surface area (Å²) in [5, 5.41) is 6.02. The summed E-state index contributed by atoms with van der Waals surface area (Å²) in [6.45, 7) is 0.560. The van der Waals surface area contributed by atoms with Crippen molar-refractivity contribution in [3.63, 3.8) is 0 Å². The van der Waals surface area contributed by atoms with Crippen molar-refractivity contribution in [1.29, 1.82) is 0 Å². The molecule has 1 aromatic heterocycles. The van der Waals surface area contributed by atoms with Crippen molar-refractivity contribution in [2.24, 2.45) is 0 Å². The SMILES string of the molecule is COc1ccc(CCNC(=O)c2cccc(Nc3ncccn3)c2)cc1. The predicted octanol–water partition coefficient (Wildman–Crippen LogP) is 3.20. The molecule has 3 rings (SSSR count). The van der Waals surface area contributed by atoms with Crippen LogP contribution in [0.4, 0.5) is 11.6 Å². The van der Waals surface area contributed by atoms with Gasteiger partial charge in [0.05, 0.1) is 7.11 Å². The van der Waals surface area contributed by atoms with Crippen molar-refractivity contribution >= 4 is 17.5 Å². The Morgan fingerprint density at radius 2 is 1.81 bits per heavy atom. The lowest BCUT2D eigenvalue weighted by Crippen LogP contribution is -2.25. The van der Waals surface area contributed by atoms with Crippen LogP contribution in [0, 0.1) is 0 Å². The Kier molecular flexibility index (Phi) is 5.77. The highest BCUT2D eigenvalue weighted by Crippen LogP contribution is 2.14. The van der Waals surface area contributed by atoms with Gasteiger partial charge in [-0.15, -0.1) is 0 Å². The first kappa shape index (κ1) is 17.4. The summed E-state index contributed by atoms with van der Waals surface area (Å²) in [5.74, 6) is 1.20. The number of nitrogens with one attached hydrogen (secondary N) is 2. The highest BCUT2D eigenvalue weighted by atomic mass is 16.5. The molecule has 132 valence electrons. The van der Waals surface area contributed by atoms with E-state index >= 15 is 0 Å². The van der Waals surface area contributed by atoms with E-state index in [1.165, 1.54) is 0 Å². The lowest BCUT2D eigenvalue weighted by Gasteiger charge is -2.08. The lowest BCUT2D eigenvalue weighted by molar-refractivity contribution is 0.0954. The molecular formula is C20H20N4O2. The summed E-state index contributed by atoms with van der Waals surface area (Å²) < 4.78 is 5.14. The molecule has 0 aliphatic rings. The third-order valence-electron chi connectivity index (χ3n) is 3.80. The fourth-order valence-corrected chi connectivity index (χ4v) is 2.45. The van der Waals surface area contributed by atoms with E-state index in [4.69, 9.17) is 4.74 Å². The van der Waals surface area contributed by atoms with E-state index < -0.39 is 0 Å². The zero-order valence-corrected chi connectivity index (χ0v) is 14.5. The van der Waals surface area contributed by atoms with Gasteiger partial charge in [0, 0.05) is 30.2 Å². The molecule has 0 bridgehead atoms. The average Bonchev–Trinajstić information content (AvgIpc) is 2.69. The van der Waals surface area contributed by atoms with E-state index in [-0.39, 0.29) is 5.91 Å². The van der Waals surface area contributed by atoms with Crippen LogP contribution in [0.25, 0.3) is 0 Å². The summed E-state index contributed by atoms with van der Waals surface area (Å²) in [7, 11) is 1.64. The topological polar surface area (TPSA) is 76.1 Å². The first-order chi connectivity index (χ1) is 12.7. The van der Waals surface area contributed by atoms with Gasteiger partial charge in [-0.2, -0.15) is 0 Å². The number of benzene rings is 2. The Balaban J connectivity index is 1.55. The quantitative estimate of drug-likeness (QED) is 0.686. The van der Waals surface area contributed by atoms with Crippen molar-refractivity contribution < 1.29 is 9.53 Å². The molecule has 0 fully saturated rings. The highest BCUT2D eigenvalue weighted by Gasteiger charge is 2.06. The fraction of sp³-hybridized carbons (Fsp3) is 0.150. The number of methoxy groups -OCH3 is 1. The smallest absolute Gasteiger partial charge is 0.251 e. The van der Waals surface area contributed by atoms with Crippen LogP contribution in [0.1, 0.15) is 15.9 Å². The van der Waals surface area contributed by atoms with Crippen LogP contribution in [-0.2, 0) is 6.42 Å². The van der Waals surface area contributed by atoms with Gasteiger partial charge in [0.1, 0.15) is 5.75 Å². The lowest BCUT2D eigenvalue weighted by atomic mass is 10.1. The highest BCUT2D eigenvalue weighted by molar-refractivity contribution is 5.95. The van der Waals surface area contributed by atoms with Crippen LogP contribution in [0.15, 0.2) is 67.0 Å². The molecule has 0 aliphatic heterocycles. The maximum atomic E-state index is 12.3. The summed E-state index contributed by atoms with van der Waals surface area (Å²) in [6, 6.07) is 16.8. The van der Waals surface area contributed by atoms with E-state index in [0.29, 0.717) is 18.1 Å². The van der Waals surface area contributed by atoms with Gasteiger partial charge in [-0.3, -0.25) is 4.79 Å². The molecule has 0 unspecified atom stereocenters. The number of hydrogen-bond donors (Lipinski definition) is 2. The van der Waals surface area contributed by atoms with E-state index in [1.54, 1.807) is 37.7 Å². The zero-order chi connectivity index (χ0) is 18.2. The molecule has 26 heavy (non-hydrogen) atoms. The van der Waals surface area contributed by atoms with Gasteiger partial charge in [0.15, 0.2) is 0 Å². The average molecular weight is 348 g/mol. The van der Waals surface area contributed by atoms with Gasteiger partial charge < -0.3 is 15.4 Å². The molecule has 0 radical (unpaired) electrons. The summed E-state index contributed by atoms with van der Waals surface area (Å²) in [4.78, 5) is 20.6. The molecule has 2 N–H and O–H groups in total. The van der Waals surface area contributed by atoms with E-state index in [9.17, 15) is 4.79 Å². The third kappa shape index (κ3) is 4.80. The number of rotatable bonds is 7. The van der Waals surface area contributed by atoms with Crippen molar-refractivity contribution in [3.8, 4) is 5.75 Å². The summed E-state index contributed by atoms with van der Waals surface area (Å²) in [6.07, 6.45) is 4.07. The molecule has 1 amide bonds. The first-order valence-electron chi connectivity index (χ1n) is 8.30. The van der Waals surface area contributed by atoms with Gasteiger partial charge in [0.25, 0.3) is 5.91 Å². The van der Waals surface area contributed by atoms with Crippen LogP contribution in [-0.4, -0.2) is 29.5 Å². The predicted molar refractivity (Wildman–Crippen MR) is 101 cm³/mol. The number of nitrogens with zero attached hydrogens (tertiary/aromatic N) is 2. The second kappa shape index (κ2) is 8.62. The molecule has 2 aromatic carbocycles. The van der Waals surface area contributed by atoms with Gasteiger partial charge >= 0.3 is 0 Å².